The average molecular weight is 744 g/mol. The van der Waals surface area contributed by atoms with Gasteiger partial charge in [-0.1, -0.05) is 19.1 Å². The van der Waals surface area contributed by atoms with Gasteiger partial charge in [-0.3, -0.25) is 34.5 Å². The number of carbonyl (C=O) groups is 5. The van der Waals surface area contributed by atoms with E-state index in [1.165, 1.54) is 6.92 Å². The molecule has 3 amide bonds. The molecule has 1 heterocycles. The molecule has 0 aliphatic heterocycles. The lowest BCUT2D eigenvalue weighted by atomic mass is 9.93. The predicted octanol–water partition coefficient (Wildman–Crippen LogP) is 1.12. The van der Waals surface area contributed by atoms with Crippen molar-refractivity contribution >= 4 is 29.8 Å². The Bertz CT molecular complexity index is 1110. The highest BCUT2D eigenvalue weighted by atomic mass is 16.5. The van der Waals surface area contributed by atoms with Gasteiger partial charge in [-0.2, -0.15) is 0 Å². The van der Waals surface area contributed by atoms with E-state index >= 15 is 0 Å². The van der Waals surface area contributed by atoms with Gasteiger partial charge >= 0.3 is 0 Å². The van der Waals surface area contributed by atoms with Gasteiger partial charge in [0.1, 0.15) is 12.0 Å². The molecule has 1 atom stereocenters. The van der Waals surface area contributed by atoms with E-state index in [2.05, 4.69) is 31.6 Å². The van der Waals surface area contributed by atoms with Crippen LogP contribution in [0, 0.1) is 0 Å². The van der Waals surface area contributed by atoms with Gasteiger partial charge < -0.3 is 41.1 Å². The maximum Gasteiger partial charge on any atom is 0.234 e. The number of amides is 3. The van der Waals surface area contributed by atoms with Crippen molar-refractivity contribution in [1.29, 1.82) is 0 Å². The molecular formula is C35H69N9O8. The Balaban J connectivity index is 0. The highest BCUT2D eigenvalue weighted by Crippen LogP contribution is 2.13. The summed E-state index contributed by atoms with van der Waals surface area (Å²) in [7, 11) is 1.60. The number of hydrogen-bond acceptors (Lipinski definition) is 13. The smallest absolute Gasteiger partial charge is 0.234 e. The molecule has 0 saturated heterocycles. The number of ether oxygens (including phenoxy) is 3. The van der Waals surface area contributed by atoms with Gasteiger partial charge in [-0.05, 0) is 66.7 Å². The predicted molar refractivity (Wildman–Crippen MR) is 200 cm³/mol. The first-order chi connectivity index (χ1) is 24.6. The number of carbonyl (C=O) groups excluding carboxylic acids is 5. The van der Waals surface area contributed by atoms with Crippen LogP contribution in [0.15, 0.2) is 6.20 Å². The molecule has 0 aliphatic rings. The van der Waals surface area contributed by atoms with Crippen molar-refractivity contribution in [3.8, 4) is 0 Å². The second-order valence-electron chi connectivity index (χ2n) is 12.8. The molecule has 0 aliphatic carbocycles. The van der Waals surface area contributed by atoms with Crippen LogP contribution >= 0.6 is 0 Å². The Hall–Kier alpha value is -3.35. The molecule has 0 saturated carbocycles. The zero-order valence-electron chi connectivity index (χ0n) is 33.0. The number of primary amides is 1. The highest BCUT2D eigenvalue weighted by Gasteiger charge is 2.31. The van der Waals surface area contributed by atoms with Crippen LogP contribution in [0.4, 0.5) is 0 Å². The lowest BCUT2D eigenvalue weighted by molar-refractivity contribution is -0.129. The lowest BCUT2D eigenvalue weighted by Gasteiger charge is -2.29. The van der Waals surface area contributed by atoms with Crippen LogP contribution in [0.2, 0.25) is 0 Å². The molecule has 1 aromatic heterocycles. The molecule has 0 fully saturated rings. The van der Waals surface area contributed by atoms with Crippen LogP contribution in [0.1, 0.15) is 106 Å². The number of hydrogen-bond donors (Lipinski definition) is 6. The molecule has 1 aromatic rings. The van der Waals surface area contributed by atoms with E-state index in [-0.39, 0.29) is 30.4 Å². The third-order valence-corrected chi connectivity index (χ3v) is 7.08. The van der Waals surface area contributed by atoms with Crippen molar-refractivity contribution in [2.45, 2.75) is 130 Å². The van der Waals surface area contributed by atoms with E-state index in [9.17, 15) is 19.2 Å². The quantitative estimate of drug-likeness (QED) is 0.0383. The van der Waals surface area contributed by atoms with E-state index in [1.54, 1.807) is 25.6 Å². The second-order valence-corrected chi connectivity index (χ2v) is 12.8. The van der Waals surface area contributed by atoms with E-state index in [0.29, 0.717) is 84.9 Å². The molecule has 0 aromatic carbocycles. The van der Waals surface area contributed by atoms with Crippen LogP contribution in [-0.4, -0.2) is 115 Å². The summed E-state index contributed by atoms with van der Waals surface area (Å²) in [6, 6.07) is -0.718. The van der Waals surface area contributed by atoms with Crippen molar-refractivity contribution in [1.82, 2.24) is 36.3 Å². The van der Waals surface area contributed by atoms with Gasteiger partial charge in [0.15, 0.2) is 5.78 Å². The molecule has 0 bridgehead atoms. The third-order valence-electron chi connectivity index (χ3n) is 7.08. The first kappa shape index (κ1) is 50.8. The van der Waals surface area contributed by atoms with Crippen molar-refractivity contribution < 1.29 is 38.2 Å². The number of ketones is 1. The Labute approximate surface area is 310 Å². The molecule has 302 valence electrons. The van der Waals surface area contributed by atoms with Crippen LogP contribution in [0.25, 0.3) is 0 Å². The lowest BCUT2D eigenvalue weighted by Crippen LogP contribution is -2.55. The molecule has 0 radical (unpaired) electrons. The van der Waals surface area contributed by atoms with Gasteiger partial charge in [-0.15, -0.1) is 5.10 Å². The average Bonchev–Trinajstić information content (AvgIpc) is 3.53. The molecule has 52 heavy (non-hydrogen) atoms. The largest absolute Gasteiger partial charge is 0.378 e. The summed E-state index contributed by atoms with van der Waals surface area (Å²) >= 11 is 0. The van der Waals surface area contributed by atoms with Gasteiger partial charge in [0.05, 0.1) is 56.5 Å². The molecule has 17 nitrogen and oxygen atoms in total. The Morgan fingerprint density at radius 3 is 2.08 bits per heavy atom. The van der Waals surface area contributed by atoms with E-state index in [0.717, 1.165) is 24.8 Å². The minimum absolute atomic E-state index is 0.0133. The Morgan fingerprint density at radius 1 is 0.885 bits per heavy atom. The third kappa shape index (κ3) is 29.3. The van der Waals surface area contributed by atoms with E-state index in [1.807, 2.05) is 33.9 Å². The SMILES string of the molecule is CC.CC=O.COCc1cn(CCCCC(=O)NCCCCC(NC(C)(C)C(=O)CCC(=O)NCCOCCOCCNC(C)(C)N)C(N)=O)nn1. The van der Waals surface area contributed by atoms with Crippen molar-refractivity contribution in [2.24, 2.45) is 11.5 Å². The first-order valence-electron chi connectivity index (χ1n) is 18.3. The number of aldehydes is 1. The first-order valence-corrected chi connectivity index (χ1v) is 18.3. The number of aromatic nitrogens is 3. The van der Waals surface area contributed by atoms with E-state index < -0.39 is 23.2 Å². The maximum absolute atomic E-state index is 12.9. The number of Topliss-reactive ketones (excluding diaryl/α,β-unsaturated/α-hetero) is 1. The fourth-order valence-corrected chi connectivity index (χ4v) is 4.47. The van der Waals surface area contributed by atoms with Crippen molar-refractivity contribution in [3.63, 3.8) is 0 Å². The number of rotatable bonds is 29. The molecule has 8 N–H and O–H groups in total. The van der Waals surface area contributed by atoms with Gasteiger partial charge in [-0.25, -0.2) is 0 Å². The van der Waals surface area contributed by atoms with Gasteiger partial charge in [0, 0.05) is 52.6 Å². The molecule has 1 rings (SSSR count). The molecular weight excluding hydrogens is 674 g/mol. The van der Waals surface area contributed by atoms with Gasteiger partial charge in [0.25, 0.3) is 0 Å². The zero-order valence-corrected chi connectivity index (χ0v) is 33.0. The maximum atomic E-state index is 12.9. The normalized spacial score (nSPS) is 11.7. The standard InChI is InChI=1S/C31H59N9O7.C2H4O.C2H6/c1-30(2,26(41)12-13-28(43)35-15-18-46-20-21-47-19-16-36-31(3,4)33)37-25(29(32)44)10-6-8-14-34-27(42)11-7-9-17-40-22-24(23-45-5)38-39-40;1-2-3;1-2/h22,25,36-37H,6-21,23,33H2,1-5H3,(H2,32,44)(H,34,42)(H,35,43);2H,1H3;1-2H3. The van der Waals surface area contributed by atoms with Crippen LogP contribution < -0.4 is 32.7 Å². The number of nitrogens with one attached hydrogen (secondary N) is 4. The molecule has 17 heteroatoms. The highest BCUT2D eigenvalue weighted by molar-refractivity contribution is 5.91. The summed E-state index contributed by atoms with van der Waals surface area (Å²) < 4.78 is 17.7. The summed E-state index contributed by atoms with van der Waals surface area (Å²) in [4.78, 5) is 58.1. The van der Waals surface area contributed by atoms with Crippen molar-refractivity contribution in [2.75, 3.05) is 53.2 Å². The number of unbranched alkanes of at least 4 members (excludes halogenated alkanes) is 2. The van der Waals surface area contributed by atoms with Gasteiger partial charge in [0.2, 0.25) is 17.7 Å². The summed E-state index contributed by atoms with van der Waals surface area (Å²) in [6.45, 7) is 16.8. The van der Waals surface area contributed by atoms with E-state index in [4.69, 9.17) is 30.5 Å². The minimum atomic E-state index is -1.05. The molecule has 0 spiro atoms. The number of nitrogens with zero attached hydrogens (tertiary/aromatic N) is 3. The van der Waals surface area contributed by atoms with Crippen LogP contribution in [0.5, 0.6) is 0 Å². The number of aryl methyl sites for hydroxylation is 1. The fourth-order valence-electron chi connectivity index (χ4n) is 4.47. The summed E-state index contributed by atoms with van der Waals surface area (Å²) in [6.07, 6.45) is 6.26. The van der Waals surface area contributed by atoms with Crippen LogP contribution in [-0.2, 0) is 51.3 Å². The fraction of sp³-hybridized carbons (Fsp3) is 0.800. The van der Waals surface area contributed by atoms with Crippen molar-refractivity contribution in [3.05, 3.63) is 11.9 Å². The number of nitrogens with two attached hydrogens (primary N) is 2. The van der Waals surface area contributed by atoms with Crippen LogP contribution in [0.3, 0.4) is 0 Å². The molecule has 1 unspecified atom stereocenters. The summed E-state index contributed by atoms with van der Waals surface area (Å²) in [5.41, 5.74) is 10.7. The topological polar surface area (TPSA) is 244 Å². The summed E-state index contributed by atoms with van der Waals surface area (Å²) in [5, 5.41) is 19.8. The number of methoxy groups -OCH3 is 1. The second kappa shape index (κ2) is 31.2. The Kier molecular flexibility index (Phi) is 30.5. The monoisotopic (exact) mass is 744 g/mol. The summed E-state index contributed by atoms with van der Waals surface area (Å²) in [5.74, 6) is -1.05. The Morgan fingerprint density at radius 2 is 1.48 bits per heavy atom. The zero-order chi connectivity index (χ0) is 39.8. The minimum Gasteiger partial charge on any atom is -0.378 e.